The first-order valence-electron chi connectivity index (χ1n) is 19.6. The van der Waals surface area contributed by atoms with Crippen molar-refractivity contribution in [2.24, 2.45) is 0 Å². The second-order valence-electron chi connectivity index (χ2n) is 10.8. The van der Waals surface area contributed by atoms with Crippen LogP contribution in [-0.4, -0.2) is 0 Å². The Kier molecular flexibility index (Phi) is 4.01. The van der Waals surface area contributed by atoms with E-state index < -0.39 is 12.1 Å². The van der Waals surface area contributed by atoms with Crippen LogP contribution in [-0.2, 0) is 0 Å². The third-order valence-electron chi connectivity index (χ3n) is 8.32. The highest BCUT2D eigenvalue weighted by molar-refractivity contribution is 6.26. The number of fused-ring (bicyclic) bond motifs is 5. The number of benzene rings is 8. The van der Waals surface area contributed by atoms with Crippen LogP contribution in [0.4, 0.5) is 0 Å². The lowest BCUT2D eigenvalue weighted by Crippen LogP contribution is -1.93. The van der Waals surface area contributed by atoms with E-state index in [1.165, 1.54) is 0 Å². The molecule has 9 rings (SSSR count). The van der Waals surface area contributed by atoms with Gasteiger partial charge in [0.05, 0.1) is 13.7 Å². The van der Waals surface area contributed by atoms with Crippen molar-refractivity contribution in [3.05, 3.63) is 170 Å². The monoisotopic (exact) mass is 582 g/mol. The molecule has 0 spiro atoms. The molecule has 0 radical (unpaired) electrons. The Labute approximate surface area is 275 Å². The molecule has 1 heterocycles. The van der Waals surface area contributed by atoms with Gasteiger partial charge in [0.1, 0.15) is 11.2 Å². The summed E-state index contributed by atoms with van der Waals surface area (Å²) in [5, 5.41) is 2.81. The topological polar surface area (TPSA) is 13.1 Å². The van der Waals surface area contributed by atoms with E-state index in [0.717, 1.165) is 0 Å². The minimum Gasteiger partial charge on any atom is -0.456 e. The average molecular weight is 583 g/mol. The van der Waals surface area contributed by atoms with Gasteiger partial charge in [0.2, 0.25) is 0 Å². The molecule has 1 heteroatoms. The smallest absolute Gasteiger partial charge is 0.136 e. The minimum atomic E-state index is -0.471. The molecular formula is C44H28O. The summed E-state index contributed by atoms with van der Waals surface area (Å²) < 4.78 is 96.3. The molecular weight excluding hydrogens is 544 g/mol. The molecule has 0 unspecified atom stereocenters. The van der Waals surface area contributed by atoms with Crippen LogP contribution in [0.3, 0.4) is 0 Å². The third-order valence-corrected chi connectivity index (χ3v) is 8.32. The summed E-state index contributed by atoms with van der Waals surface area (Å²) in [6.07, 6.45) is 0. The van der Waals surface area contributed by atoms with Crippen molar-refractivity contribution >= 4 is 43.5 Å². The molecule has 8 aromatic carbocycles. The van der Waals surface area contributed by atoms with Crippen molar-refractivity contribution in [2.75, 3.05) is 0 Å². The van der Waals surface area contributed by atoms with E-state index in [0.29, 0.717) is 60.5 Å². The summed E-state index contributed by atoms with van der Waals surface area (Å²) in [7, 11) is 0. The molecule has 0 saturated carbocycles. The van der Waals surface area contributed by atoms with Crippen LogP contribution in [0.25, 0.3) is 88.0 Å². The predicted octanol–water partition coefficient (Wildman–Crippen LogP) is 12.6. The van der Waals surface area contributed by atoms with Gasteiger partial charge in [-0.3, -0.25) is 0 Å². The van der Waals surface area contributed by atoms with Crippen LogP contribution < -0.4 is 0 Å². The van der Waals surface area contributed by atoms with Gasteiger partial charge in [-0.2, -0.15) is 0 Å². The molecule has 9 aromatic rings. The van der Waals surface area contributed by atoms with Crippen molar-refractivity contribution in [1.82, 2.24) is 0 Å². The Morgan fingerprint density at radius 2 is 0.889 bits per heavy atom. The Hall–Kier alpha value is -5.92. The molecule has 0 fully saturated rings. The maximum atomic E-state index is 9.95. The Balaban J connectivity index is 1.55. The van der Waals surface area contributed by atoms with Crippen molar-refractivity contribution in [1.29, 1.82) is 0 Å². The SMILES string of the molecule is [2H]c1c([2H])c([2H])c(-c2c3ccccc3c(-c3c([2H])c(-c4ccccc4)c([2H])c4oc5c([2H])c([2H])c([2H])c([2H])c5c34)c3ccccc23)c(-c2ccccc2)c1[2H]. The number of para-hydroxylation sites is 1. The van der Waals surface area contributed by atoms with Crippen LogP contribution in [0.5, 0.6) is 0 Å². The Morgan fingerprint density at radius 3 is 1.53 bits per heavy atom. The van der Waals surface area contributed by atoms with Crippen LogP contribution >= 0.6 is 0 Å². The highest BCUT2D eigenvalue weighted by atomic mass is 16.3. The first-order chi connectivity index (χ1) is 26.5. The van der Waals surface area contributed by atoms with Gasteiger partial charge in [0.25, 0.3) is 0 Å². The highest BCUT2D eigenvalue weighted by Gasteiger charge is 2.22. The maximum absolute atomic E-state index is 9.95. The molecule has 0 atom stereocenters. The van der Waals surface area contributed by atoms with Crippen LogP contribution in [0.2, 0.25) is 0 Å². The molecule has 0 aliphatic carbocycles. The molecule has 0 saturated heterocycles. The lowest BCUT2D eigenvalue weighted by molar-refractivity contribution is 0.669. The minimum absolute atomic E-state index is 0.0210. The van der Waals surface area contributed by atoms with E-state index in [1.54, 1.807) is 12.1 Å². The Morgan fingerprint density at radius 1 is 0.378 bits per heavy atom. The fourth-order valence-electron chi connectivity index (χ4n) is 6.40. The lowest BCUT2D eigenvalue weighted by Gasteiger charge is -2.20. The quantitative estimate of drug-likeness (QED) is 0.188. The van der Waals surface area contributed by atoms with Gasteiger partial charge >= 0.3 is 0 Å². The molecule has 0 aliphatic rings. The first-order valence-corrected chi connectivity index (χ1v) is 14.6. The van der Waals surface area contributed by atoms with Gasteiger partial charge in [-0.15, -0.1) is 0 Å². The number of hydrogen-bond donors (Lipinski definition) is 0. The van der Waals surface area contributed by atoms with E-state index in [9.17, 15) is 4.11 Å². The van der Waals surface area contributed by atoms with Crippen molar-refractivity contribution in [2.45, 2.75) is 0 Å². The van der Waals surface area contributed by atoms with E-state index in [-0.39, 0.29) is 75.8 Å². The normalized spacial score (nSPS) is 14.7. The van der Waals surface area contributed by atoms with Gasteiger partial charge < -0.3 is 4.42 Å². The fraction of sp³-hybridized carbons (Fsp3) is 0. The van der Waals surface area contributed by atoms with E-state index in [2.05, 4.69) is 0 Å². The first kappa shape index (κ1) is 17.4. The van der Waals surface area contributed by atoms with Gasteiger partial charge in [0, 0.05) is 10.8 Å². The van der Waals surface area contributed by atoms with Gasteiger partial charge in [-0.05, 0) is 84.2 Å². The Bertz CT molecular complexity index is 3030. The summed E-state index contributed by atoms with van der Waals surface area (Å²) in [6.45, 7) is 0. The maximum Gasteiger partial charge on any atom is 0.136 e. The van der Waals surface area contributed by atoms with E-state index in [1.807, 2.05) is 97.1 Å². The van der Waals surface area contributed by atoms with Gasteiger partial charge in [0.15, 0.2) is 0 Å². The van der Waals surface area contributed by atoms with Gasteiger partial charge in [-0.25, -0.2) is 0 Å². The van der Waals surface area contributed by atoms with Crippen molar-refractivity contribution in [3.8, 4) is 44.5 Å². The van der Waals surface area contributed by atoms with E-state index in [4.69, 9.17) is 14.0 Å². The zero-order valence-corrected chi connectivity index (χ0v) is 23.8. The predicted molar refractivity (Wildman–Crippen MR) is 190 cm³/mol. The molecule has 0 N–H and O–H groups in total. The molecule has 1 aromatic heterocycles. The molecule has 0 bridgehead atoms. The van der Waals surface area contributed by atoms with Crippen molar-refractivity contribution < 1.29 is 18.1 Å². The summed E-state index contributed by atoms with van der Waals surface area (Å²) >= 11 is 0. The molecule has 1 nitrogen and oxygen atoms in total. The highest BCUT2D eigenvalue weighted by Crippen LogP contribution is 2.49. The largest absolute Gasteiger partial charge is 0.456 e. The third kappa shape index (κ3) is 4.09. The van der Waals surface area contributed by atoms with Crippen LogP contribution in [0, 0.1) is 0 Å². The van der Waals surface area contributed by atoms with Crippen LogP contribution in [0.15, 0.2) is 174 Å². The average Bonchev–Trinajstić information content (AvgIpc) is 3.61. The summed E-state index contributed by atoms with van der Waals surface area (Å²) in [4.78, 5) is 0. The summed E-state index contributed by atoms with van der Waals surface area (Å²) in [5.41, 5.74) is 3.48. The molecule has 45 heavy (non-hydrogen) atoms. The standard InChI is InChI=1S/C44H28O/c1-3-15-29(16-4-1)31-27-39(44-38-25-13-14-26-40(38)45-41(44)28-31)43-36-23-11-9-21-34(36)42(35-22-10-12-24-37(35)43)33-20-8-7-19-32(33)30-17-5-2-6-18-30/h1-28H/i7D,8D,13D,14D,19D,20D,25D,26D,27D,28D. The molecule has 0 aliphatic heterocycles. The van der Waals surface area contributed by atoms with E-state index >= 15 is 0 Å². The van der Waals surface area contributed by atoms with Crippen LogP contribution in [0.1, 0.15) is 13.7 Å². The second kappa shape index (κ2) is 10.4. The summed E-state index contributed by atoms with van der Waals surface area (Å²) in [5.74, 6) is 0. The fourth-order valence-corrected chi connectivity index (χ4v) is 6.40. The van der Waals surface area contributed by atoms with Crippen molar-refractivity contribution in [3.63, 3.8) is 0 Å². The zero-order valence-electron chi connectivity index (χ0n) is 33.8. The number of hydrogen-bond acceptors (Lipinski definition) is 1. The summed E-state index contributed by atoms with van der Waals surface area (Å²) in [6, 6.07) is 30.2. The zero-order chi connectivity index (χ0) is 38.4. The lowest BCUT2D eigenvalue weighted by atomic mass is 9.82. The molecule has 210 valence electrons. The molecule has 0 amide bonds. The second-order valence-corrected chi connectivity index (χ2v) is 10.8. The number of rotatable bonds is 4. The number of furan rings is 1. The van der Waals surface area contributed by atoms with Gasteiger partial charge in [-0.1, -0.05) is 151 Å².